The number of halogens is 1. The van der Waals surface area contributed by atoms with E-state index in [4.69, 9.17) is 9.97 Å². The summed E-state index contributed by atoms with van der Waals surface area (Å²) in [6.07, 6.45) is 0. The fraction of sp³-hybridized carbons (Fsp3) is 0.269. The van der Waals surface area contributed by atoms with Gasteiger partial charge in [-0.3, -0.25) is 9.36 Å². The molecule has 4 aromatic rings. The molecular formula is C26H28FN5O. The highest BCUT2D eigenvalue weighted by molar-refractivity contribution is 5.92. The van der Waals surface area contributed by atoms with Crippen LogP contribution < -0.4 is 10.9 Å². The number of rotatable bonds is 8. The molecule has 2 aromatic heterocycles. The minimum atomic E-state index is -0.298. The predicted molar refractivity (Wildman–Crippen MR) is 132 cm³/mol. The Bertz CT molecular complexity index is 1320. The molecule has 0 aliphatic rings. The van der Waals surface area contributed by atoms with Gasteiger partial charge in [-0.05, 0) is 62.0 Å². The maximum absolute atomic E-state index is 13.8. The summed E-state index contributed by atoms with van der Waals surface area (Å²) in [7, 11) is 0. The number of nitrogens with one attached hydrogen (secondary N) is 1. The smallest absolute Gasteiger partial charge is 0.256 e. The summed E-state index contributed by atoms with van der Waals surface area (Å²) in [6, 6.07) is 17.3. The molecule has 0 spiro atoms. The molecule has 0 fully saturated rings. The molecule has 2 aromatic carbocycles. The molecule has 1 N–H and O–H groups in total. The highest BCUT2D eigenvalue weighted by Crippen LogP contribution is 2.30. The molecule has 0 radical (unpaired) electrons. The van der Waals surface area contributed by atoms with Gasteiger partial charge in [0.25, 0.3) is 5.56 Å². The minimum Gasteiger partial charge on any atom is -0.353 e. The Morgan fingerprint density at radius 3 is 2.45 bits per heavy atom. The Morgan fingerprint density at radius 2 is 1.76 bits per heavy atom. The first-order valence-corrected chi connectivity index (χ1v) is 11.2. The second kappa shape index (κ2) is 9.92. The Balaban J connectivity index is 1.90. The first kappa shape index (κ1) is 22.6. The van der Waals surface area contributed by atoms with Crippen molar-refractivity contribution in [3.8, 4) is 16.9 Å². The fourth-order valence-electron chi connectivity index (χ4n) is 3.98. The van der Waals surface area contributed by atoms with Crippen molar-refractivity contribution in [1.29, 1.82) is 0 Å². The fourth-order valence-corrected chi connectivity index (χ4v) is 3.98. The summed E-state index contributed by atoms with van der Waals surface area (Å²) < 4.78 is 15.4. The highest BCUT2D eigenvalue weighted by Gasteiger charge is 2.16. The summed E-state index contributed by atoms with van der Waals surface area (Å²) >= 11 is 0. The van der Waals surface area contributed by atoms with E-state index in [9.17, 15) is 9.18 Å². The van der Waals surface area contributed by atoms with Crippen LogP contribution in [0.2, 0.25) is 0 Å². The molecule has 0 bridgehead atoms. The number of pyridine rings is 1. The summed E-state index contributed by atoms with van der Waals surface area (Å²) in [5.41, 5.74) is 3.28. The molecule has 0 saturated carbocycles. The summed E-state index contributed by atoms with van der Waals surface area (Å²) in [6.45, 7) is 9.55. The van der Waals surface area contributed by atoms with Crippen molar-refractivity contribution in [1.82, 2.24) is 19.4 Å². The topological polar surface area (TPSA) is 63.1 Å². The number of benzene rings is 2. The summed E-state index contributed by atoms with van der Waals surface area (Å²) in [4.78, 5) is 24.8. The van der Waals surface area contributed by atoms with Gasteiger partial charge in [0.05, 0.1) is 11.4 Å². The van der Waals surface area contributed by atoms with Gasteiger partial charge in [-0.25, -0.2) is 9.37 Å². The molecule has 4 rings (SSSR count). The number of aromatic nitrogens is 3. The summed E-state index contributed by atoms with van der Waals surface area (Å²) in [5.74, 6) is 0.136. The van der Waals surface area contributed by atoms with Crippen LogP contribution in [-0.4, -0.2) is 45.6 Å². The zero-order chi connectivity index (χ0) is 23.4. The van der Waals surface area contributed by atoms with E-state index in [0.717, 1.165) is 41.8 Å². The number of anilines is 1. The first-order chi connectivity index (χ1) is 16.0. The molecular weight excluding hydrogens is 417 g/mol. The van der Waals surface area contributed by atoms with Crippen molar-refractivity contribution >= 4 is 17.0 Å². The van der Waals surface area contributed by atoms with Gasteiger partial charge in [-0.2, -0.15) is 4.98 Å². The van der Waals surface area contributed by atoms with Gasteiger partial charge in [0.15, 0.2) is 5.65 Å². The maximum atomic E-state index is 13.8. The SMILES string of the molecule is CCN(CC)CCNc1nc(-c2ccc(F)cc2C)c2ccc(=O)n(-c3ccccc3)c2n1. The molecule has 33 heavy (non-hydrogen) atoms. The third-order valence-electron chi connectivity index (χ3n) is 5.81. The van der Waals surface area contributed by atoms with E-state index in [0.29, 0.717) is 23.8 Å². The minimum absolute atomic E-state index is 0.178. The Labute approximate surface area is 192 Å². The van der Waals surface area contributed by atoms with Gasteiger partial charge in [0.2, 0.25) is 5.95 Å². The monoisotopic (exact) mass is 445 g/mol. The van der Waals surface area contributed by atoms with Crippen molar-refractivity contribution in [3.05, 3.63) is 82.4 Å². The number of likely N-dealkylation sites (N-methyl/N-ethyl adjacent to an activating group) is 1. The molecule has 0 aliphatic heterocycles. The van der Waals surface area contributed by atoms with E-state index < -0.39 is 0 Å². The molecule has 2 heterocycles. The average Bonchev–Trinajstić information content (AvgIpc) is 2.82. The lowest BCUT2D eigenvalue weighted by Crippen LogP contribution is -2.29. The molecule has 170 valence electrons. The van der Waals surface area contributed by atoms with Crippen LogP contribution in [-0.2, 0) is 0 Å². The number of fused-ring (bicyclic) bond motifs is 1. The van der Waals surface area contributed by atoms with Gasteiger partial charge < -0.3 is 10.2 Å². The van der Waals surface area contributed by atoms with Crippen LogP contribution in [0.5, 0.6) is 0 Å². The van der Waals surface area contributed by atoms with Crippen LogP contribution in [0.3, 0.4) is 0 Å². The van der Waals surface area contributed by atoms with E-state index in [1.165, 1.54) is 18.2 Å². The maximum Gasteiger partial charge on any atom is 0.256 e. The van der Waals surface area contributed by atoms with Gasteiger partial charge in [0.1, 0.15) is 5.82 Å². The van der Waals surface area contributed by atoms with Gasteiger partial charge in [-0.15, -0.1) is 0 Å². The Morgan fingerprint density at radius 1 is 1.00 bits per heavy atom. The number of hydrogen-bond acceptors (Lipinski definition) is 5. The first-order valence-electron chi connectivity index (χ1n) is 11.2. The molecule has 0 amide bonds. The van der Waals surface area contributed by atoms with Crippen molar-refractivity contribution in [3.63, 3.8) is 0 Å². The number of para-hydroxylation sites is 1. The second-order valence-electron chi connectivity index (χ2n) is 7.89. The standard InChI is InChI=1S/C26H28FN5O/c1-4-31(5-2)16-15-28-26-29-24(21-12-11-19(27)17-18(21)3)22-13-14-23(33)32(25(22)30-26)20-9-7-6-8-10-20/h6-14,17H,4-5,15-16H2,1-3H3,(H,28,29,30). The van der Waals surface area contributed by atoms with Crippen LogP contribution in [0.15, 0.2) is 65.5 Å². The number of nitrogens with zero attached hydrogens (tertiary/aromatic N) is 4. The van der Waals surface area contributed by atoms with E-state index in [-0.39, 0.29) is 11.4 Å². The van der Waals surface area contributed by atoms with E-state index in [1.54, 1.807) is 16.7 Å². The van der Waals surface area contributed by atoms with Gasteiger partial charge >= 0.3 is 0 Å². The van der Waals surface area contributed by atoms with Crippen LogP contribution in [0.1, 0.15) is 19.4 Å². The average molecular weight is 446 g/mol. The third-order valence-corrected chi connectivity index (χ3v) is 5.81. The van der Waals surface area contributed by atoms with Crippen LogP contribution in [0.4, 0.5) is 10.3 Å². The Hall–Kier alpha value is -3.58. The van der Waals surface area contributed by atoms with Crippen LogP contribution in [0, 0.1) is 12.7 Å². The van der Waals surface area contributed by atoms with E-state index in [1.807, 2.05) is 37.3 Å². The summed E-state index contributed by atoms with van der Waals surface area (Å²) in [5, 5.41) is 4.05. The lowest BCUT2D eigenvalue weighted by molar-refractivity contribution is 0.316. The quantitative estimate of drug-likeness (QED) is 0.428. The molecule has 0 aliphatic carbocycles. The predicted octanol–water partition coefficient (Wildman–Crippen LogP) is 4.65. The lowest BCUT2D eigenvalue weighted by Gasteiger charge is -2.19. The second-order valence-corrected chi connectivity index (χ2v) is 7.89. The van der Waals surface area contributed by atoms with Crippen LogP contribution in [0.25, 0.3) is 28.0 Å². The zero-order valence-corrected chi connectivity index (χ0v) is 19.2. The van der Waals surface area contributed by atoms with Crippen molar-refractivity contribution < 1.29 is 4.39 Å². The van der Waals surface area contributed by atoms with Crippen molar-refractivity contribution in [2.75, 3.05) is 31.5 Å². The zero-order valence-electron chi connectivity index (χ0n) is 19.2. The van der Waals surface area contributed by atoms with Gasteiger partial charge in [0, 0.05) is 30.1 Å². The van der Waals surface area contributed by atoms with Crippen molar-refractivity contribution in [2.45, 2.75) is 20.8 Å². The molecule has 0 saturated heterocycles. The lowest BCUT2D eigenvalue weighted by atomic mass is 10.0. The Kier molecular flexibility index (Phi) is 6.79. The van der Waals surface area contributed by atoms with Crippen molar-refractivity contribution in [2.24, 2.45) is 0 Å². The largest absolute Gasteiger partial charge is 0.353 e. The third kappa shape index (κ3) is 4.78. The van der Waals surface area contributed by atoms with Crippen LogP contribution >= 0.6 is 0 Å². The molecule has 0 unspecified atom stereocenters. The van der Waals surface area contributed by atoms with E-state index >= 15 is 0 Å². The number of aryl methyl sites for hydroxylation is 1. The van der Waals surface area contributed by atoms with Gasteiger partial charge in [-0.1, -0.05) is 32.0 Å². The molecule has 6 nitrogen and oxygen atoms in total. The van der Waals surface area contributed by atoms with E-state index in [2.05, 4.69) is 24.1 Å². The highest BCUT2D eigenvalue weighted by atomic mass is 19.1. The normalized spacial score (nSPS) is 11.3. The molecule has 7 heteroatoms. The molecule has 0 atom stereocenters. The number of hydrogen-bond donors (Lipinski definition) is 1.